The summed E-state index contributed by atoms with van der Waals surface area (Å²) in [7, 11) is -3.74. The highest BCUT2D eigenvalue weighted by molar-refractivity contribution is 7.87. The van der Waals surface area contributed by atoms with E-state index in [1.165, 1.54) is 0 Å². The second-order valence-electron chi connectivity index (χ2n) is 7.05. The van der Waals surface area contributed by atoms with Gasteiger partial charge in [-0.3, -0.25) is 5.41 Å². The Labute approximate surface area is 157 Å². The van der Waals surface area contributed by atoms with Crippen LogP contribution in [0.1, 0.15) is 38.6 Å². The molecule has 0 radical (unpaired) electrons. The molecule has 0 spiro atoms. The third-order valence-electron chi connectivity index (χ3n) is 3.74. The summed E-state index contributed by atoms with van der Waals surface area (Å²) in [5, 5.41) is 26.7. The first-order chi connectivity index (χ1) is 12.6. The Morgan fingerprint density at radius 3 is 2.78 bits per heavy atom. The van der Waals surface area contributed by atoms with Crippen molar-refractivity contribution in [3.63, 3.8) is 0 Å². The minimum Gasteiger partial charge on any atom is -0.467 e. The number of nitrogens with two attached hydrogens (primary N) is 1. The Morgan fingerprint density at radius 2 is 2.15 bits per heavy atom. The molecule has 1 unspecified atom stereocenters. The number of aromatic nitrogens is 2. The number of furan rings is 1. The van der Waals surface area contributed by atoms with Crippen molar-refractivity contribution in [1.29, 1.82) is 5.41 Å². The van der Waals surface area contributed by atoms with Gasteiger partial charge in [0, 0.05) is 12.6 Å². The second kappa shape index (κ2) is 8.50. The van der Waals surface area contributed by atoms with Crippen LogP contribution in [0.15, 0.2) is 27.4 Å². The molecule has 0 aliphatic heterocycles. The maximum Gasteiger partial charge on any atom is 0.274 e. The van der Waals surface area contributed by atoms with E-state index in [4.69, 9.17) is 19.6 Å². The largest absolute Gasteiger partial charge is 0.467 e. The van der Waals surface area contributed by atoms with Crippen LogP contribution >= 0.6 is 0 Å². The normalized spacial score (nSPS) is 13.3. The van der Waals surface area contributed by atoms with Gasteiger partial charge in [-0.1, -0.05) is 13.8 Å². The van der Waals surface area contributed by atoms with Crippen LogP contribution < -0.4 is 20.5 Å². The van der Waals surface area contributed by atoms with Crippen molar-refractivity contribution in [3.8, 4) is 0 Å². The van der Waals surface area contributed by atoms with E-state index < -0.39 is 10.2 Å². The summed E-state index contributed by atoms with van der Waals surface area (Å²) in [4.78, 5) is 0. The number of rotatable bonds is 10. The van der Waals surface area contributed by atoms with Gasteiger partial charge in [0.1, 0.15) is 5.76 Å². The Balaban J connectivity index is 1.91. The highest BCUT2D eigenvalue weighted by Gasteiger charge is 2.24. The predicted octanol–water partition coefficient (Wildman–Crippen LogP) is 0.788. The molecule has 12 heteroatoms. The highest BCUT2D eigenvalue weighted by atomic mass is 32.2. The van der Waals surface area contributed by atoms with Crippen LogP contribution in [-0.4, -0.2) is 37.2 Å². The fourth-order valence-corrected chi connectivity index (χ4v) is 3.19. The number of hydrogen-bond donors (Lipinski definition) is 5. The molecule has 2 heterocycles. The molecule has 0 saturated heterocycles. The molecule has 0 aromatic carbocycles. The van der Waals surface area contributed by atoms with E-state index in [-0.39, 0.29) is 29.5 Å². The second-order valence-corrected chi connectivity index (χ2v) is 8.43. The summed E-state index contributed by atoms with van der Waals surface area (Å²) in [6.07, 6.45) is 2.16. The maximum absolute atomic E-state index is 11.1. The van der Waals surface area contributed by atoms with E-state index in [1.807, 2.05) is 20.8 Å². The molecule has 2 aromatic heterocycles. The van der Waals surface area contributed by atoms with Crippen LogP contribution in [0.25, 0.3) is 0 Å². The molecule has 0 saturated carbocycles. The van der Waals surface area contributed by atoms with Gasteiger partial charge in [0.05, 0.1) is 12.8 Å². The number of amidine groups is 1. The van der Waals surface area contributed by atoms with Gasteiger partial charge in [-0.25, -0.2) is 14.5 Å². The third-order valence-corrected chi connectivity index (χ3v) is 4.29. The summed E-state index contributed by atoms with van der Waals surface area (Å²) in [5.74, 6) is 1.05. The summed E-state index contributed by atoms with van der Waals surface area (Å²) in [6.45, 7) is 6.27. The fourth-order valence-electron chi connectivity index (χ4n) is 2.60. The van der Waals surface area contributed by atoms with Gasteiger partial charge in [-0.05, 0) is 41.2 Å². The lowest BCUT2D eigenvalue weighted by Crippen LogP contribution is -2.40. The van der Waals surface area contributed by atoms with Crippen molar-refractivity contribution in [2.45, 2.75) is 39.8 Å². The summed E-state index contributed by atoms with van der Waals surface area (Å²) in [6, 6.07) is 3.46. The predicted molar refractivity (Wildman–Crippen MR) is 99.3 cm³/mol. The van der Waals surface area contributed by atoms with Gasteiger partial charge in [0.2, 0.25) is 5.82 Å². The molecule has 0 aliphatic carbocycles. The van der Waals surface area contributed by atoms with E-state index in [9.17, 15) is 8.42 Å². The smallest absolute Gasteiger partial charge is 0.274 e. The first-order valence-corrected chi connectivity index (χ1v) is 9.82. The van der Waals surface area contributed by atoms with Crippen molar-refractivity contribution in [1.82, 2.24) is 20.4 Å². The lowest BCUT2D eigenvalue weighted by molar-refractivity contribution is 0.304. The molecule has 150 valence electrons. The Bertz CT molecular complexity index is 845. The molecule has 0 bridgehead atoms. The highest BCUT2D eigenvalue weighted by Crippen LogP contribution is 2.23. The SMILES string of the molecule is CC(CC(C)(C)CNS(N)(=O)=O)Nc1nonc1C(=N)NCc1ccco1. The molecule has 0 amide bonds. The summed E-state index contributed by atoms with van der Waals surface area (Å²) in [5.41, 5.74) is -0.116. The van der Waals surface area contributed by atoms with Crippen LogP contribution in [0.2, 0.25) is 0 Å². The van der Waals surface area contributed by atoms with Crippen LogP contribution in [0.3, 0.4) is 0 Å². The average molecular weight is 399 g/mol. The fraction of sp³-hybridized carbons (Fsp3) is 0.533. The molecule has 11 nitrogen and oxygen atoms in total. The maximum atomic E-state index is 11.1. The van der Waals surface area contributed by atoms with Gasteiger partial charge in [-0.15, -0.1) is 0 Å². The first-order valence-electron chi connectivity index (χ1n) is 8.27. The van der Waals surface area contributed by atoms with Crippen molar-refractivity contribution in [3.05, 3.63) is 29.9 Å². The Hall–Kier alpha value is -2.44. The van der Waals surface area contributed by atoms with Crippen molar-refractivity contribution < 1.29 is 17.5 Å². The zero-order valence-electron chi connectivity index (χ0n) is 15.4. The minimum absolute atomic E-state index is 0.0394. The Kier molecular flexibility index (Phi) is 6.57. The molecule has 27 heavy (non-hydrogen) atoms. The van der Waals surface area contributed by atoms with Crippen LogP contribution in [0.5, 0.6) is 0 Å². The first kappa shape index (κ1) is 20.9. The van der Waals surface area contributed by atoms with Crippen LogP contribution in [0, 0.1) is 10.8 Å². The Morgan fingerprint density at radius 1 is 1.41 bits per heavy atom. The topological polar surface area (TPSA) is 172 Å². The van der Waals surface area contributed by atoms with Gasteiger partial charge in [0.15, 0.2) is 11.5 Å². The zero-order chi connectivity index (χ0) is 20.1. The standard InChI is InChI=1S/C15H25N7O4S/c1-10(7-15(2,3)9-19-27(17,23)24)20-14-12(21-26-22-14)13(16)18-8-11-5-4-6-25-11/h4-6,10,19H,7-9H2,1-3H3,(H2,16,18)(H,20,22)(H2,17,23,24). The minimum atomic E-state index is -3.74. The molecule has 0 aliphatic rings. The van der Waals surface area contributed by atoms with E-state index in [0.29, 0.717) is 24.5 Å². The molecular weight excluding hydrogens is 374 g/mol. The van der Waals surface area contributed by atoms with Gasteiger partial charge in [0.25, 0.3) is 10.2 Å². The number of nitrogens with zero attached hydrogens (tertiary/aromatic N) is 2. The molecule has 1 atom stereocenters. The van der Waals surface area contributed by atoms with Crippen LogP contribution in [0.4, 0.5) is 5.82 Å². The monoisotopic (exact) mass is 399 g/mol. The van der Waals surface area contributed by atoms with Gasteiger partial charge >= 0.3 is 0 Å². The van der Waals surface area contributed by atoms with E-state index in [0.717, 1.165) is 0 Å². The summed E-state index contributed by atoms with van der Waals surface area (Å²) >= 11 is 0. The summed E-state index contributed by atoms with van der Waals surface area (Å²) < 4.78 is 34.4. The van der Waals surface area contributed by atoms with Crippen molar-refractivity contribution >= 4 is 21.9 Å². The van der Waals surface area contributed by atoms with Crippen LogP contribution in [-0.2, 0) is 16.8 Å². The average Bonchev–Trinajstić information content (AvgIpc) is 3.21. The van der Waals surface area contributed by atoms with E-state index >= 15 is 0 Å². The van der Waals surface area contributed by atoms with Gasteiger partial charge < -0.3 is 15.1 Å². The van der Waals surface area contributed by atoms with E-state index in [1.54, 1.807) is 18.4 Å². The third kappa shape index (κ3) is 7.00. The van der Waals surface area contributed by atoms with Crippen molar-refractivity contribution in [2.24, 2.45) is 10.6 Å². The van der Waals surface area contributed by atoms with Crippen molar-refractivity contribution in [2.75, 3.05) is 11.9 Å². The van der Waals surface area contributed by atoms with Gasteiger partial charge in [-0.2, -0.15) is 8.42 Å². The molecule has 0 fully saturated rings. The molecule has 2 rings (SSSR count). The molecule has 2 aromatic rings. The van der Waals surface area contributed by atoms with E-state index in [2.05, 4.69) is 25.7 Å². The molecular formula is C15H25N7O4S. The lowest BCUT2D eigenvalue weighted by atomic mass is 9.86. The number of hydrogen-bond acceptors (Lipinski definition) is 8. The number of anilines is 1. The quantitative estimate of drug-likeness (QED) is 0.288. The number of nitrogens with one attached hydrogen (secondary N) is 4. The molecule has 6 N–H and O–H groups in total. The lowest BCUT2D eigenvalue weighted by Gasteiger charge is -2.28. The zero-order valence-corrected chi connectivity index (χ0v) is 16.3.